The third-order valence-electron chi connectivity index (χ3n) is 2.44. The van der Waals surface area contributed by atoms with E-state index in [1.165, 1.54) is 0 Å². The Hall–Kier alpha value is -1.45. The third kappa shape index (κ3) is 3.25. The predicted octanol–water partition coefficient (Wildman–Crippen LogP) is 3.24. The van der Waals surface area contributed by atoms with Gasteiger partial charge in [-0.05, 0) is 36.8 Å². The Morgan fingerprint density at radius 3 is 2.71 bits per heavy atom. The highest BCUT2D eigenvalue weighted by Crippen LogP contribution is 2.23. The summed E-state index contributed by atoms with van der Waals surface area (Å²) in [6.07, 6.45) is 0. The van der Waals surface area contributed by atoms with Crippen LogP contribution in [-0.4, -0.2) is 5.11 Å². The first kappa shape index (κ1) is 12.0. The molecule has 0 unspecified atom stereocenters. The summed E-state index contributed by atoms with van der Waals surface area (Å²) < 4.78 is 5.44. The fourth-order valence-electron chi connectivity index (χ4n) is 1.57. The van der Waals surface area contributed by atoms with Crippen LogP contribution in [-0.2, 0) is 13.1 Å². The number of furan rings is 1. The molecule has 0 spiro atoms. The molecule has 0 radical (unpaired) electrons. The molecule has 3 nitrogen and oxygen atoms in total. The van der Waals surface area contributed by atoms with E-state index in [-0.39, 0.29) is 5.75 Å². The van der Waals surface area contributed by atoms with Gasteiger partial charge in [-0.1, -0.05) is 17.7 Å². The predicted molar refractivity (Wildman–Crippen MR) is 67.1 cm³/mol. The number of hydrogen-bond acceptors (Lipinski definition) is 3. The molecule has 0 saturated carbocycles. The second-order valence-corrected chi connectivity index (χ2v) is 4.31. The second-order valence-electron chi connectivity index (χ2n) is 3.90. The zero-order valence-electron chi connectivity index (χ0n) is 9.53. The molecule has 0 atom stereocenters. The number of aromatic hydroxyl groups is 1. The van der Waals surface area contributed by atoms with Crippen LogP contribution in [0.2, 0.25) is 5.02 Å². The number of rotatable bonds is 4. The summed E-state index contributed by atoms with van der Waals surface area (Å²) in [5.41, 5.74) is 1.02. The molecule has 17 heavy (non-hydrogen) atoms. The first-order valence-electron chi connectivity index (χ1n) is 5.38. The van der Waals surface area contributed by atoms with Crippen molar-refractivity contribution >= 4 is 11.6 Å². The van der Waals surface area contributed by atoms with E-state index in [9.17, 15) is 5.11 Å². The molecule has 0 fully saturated rings. The Morgan fingerprint density at radius 1 is 1.24 bits per heavy atom. The molecule has 90 valence electrons. The van der Waals surface area contributed by atoms with E-state index >= 15 is 0 Å². The lowest BCUT2D eigenvalue weighted by atomic mass is 10.2. The molecule has 0 saturated heterocycles. The summed E-state index contributed by atoms with van der Waals surface area (Å²) in [4.78, 5) is 0. The highest BCUT2D eigenvalue weighted by molar-refractivity contribution is 6.32. The van der Waals surface area contributed by atoms with Crippen molar-refractivity contribution in [2.24, 2.45) is 0 Å². The van der Waals surface area contributed by atoms with E-state index in [0.717, 1.165) is 17.1 Å². The largest absolute Gasteiger partial charge is 0.506 e. The molecule has 1 heterocycles. The van der Waals surface area contributed by atoms with Crippen molar-refractivity contribution in [2.45, 2.75) is 20.0 Å². The smallest absolute Gasteiger partial charge is 0.134 e. The van der Waals surface area contributed by atoms with Gasteiger partial charge in [-0.25, -0.2) is 0 Å². The maximum atomic E-state index is 9.28. The lowest BCUT2D eigenvalue weighted by Crippen LogP contribution is -2.11. The average molecular weight is 252 g/mol. The molecule has 4 heteroatoms. The molecular formula is C13H14ClNO2. The van der Waals surface area contributed by atoms with Crippen LogP contribution in [0.5, 0.6) is 5.75 Å². The number of phenols is 1. The Labute approximate surface area is 105 Å². The van der Waals surface area contributed by atoms with Gasteiger partial charge < -0.3 is 14.8 Å². The fourth-order valence-corrected chi connectivity index (χ4v) is 1.77. The molecule has 0 aliphatic carbocycles. The molecule has 1 aromatic heterocycles. The lowest BCUT2D eigenvalue weighted by molar-refractivity contribution is 0.461. The van der Waals surface area contributed by atoms with Crippen molar-refractivity contribution < 1.29 is 9.52 Å². The van der Waals surface area contributed by atoms with Gasteiger partial charge in [-0.2, -0.15) is 0 Å². The van der Waals surface area contributed by atoms with Gasteiger partial charge in [-0.15, -0.1) is 0 Å². The van der Waals surface area contributed by atoms with E-state index in [2.05, 4.69) is 5.32 Å². The normalized spacial score (nSPS) is 10.7. The van der Waals surface area contributed by atoms with Crippen molar-refractivity contribution in [3.63, 3.8) is 0 Å². The summed E-state index contributed by atoms with van der Waals surface area (Å²) in [6.45, 7) is 3.27. The van der Waals surface area contributed by atoms with Gasteiger partial charge in [0.25, 0.3) is 0 Å². The van der Waals surface area contributed by atoms with Crippen molar-refractivity contribution in [1.29, 1.82) is 0 Å². The quantitative estimate of drug-likeness (QED) is 0.877. The highest BCUT2D eigenvalue weighted by atomic mass is 35.5. The second kappa shape index (κ2) is 5.25. The molecule has 2 aromatic rings. The number of benzene rings is 1. The zero-order chi connectivity index (χ0) is 12.3. The average Bonchev–Trinajstić information content (AvgIpc) is 2.70. The van der Waals surface area contributed by atoms with Gasteiger partial charge >= 0.3 is 0 Å². The van der Waals surface area contributed by atoms with E-state index in [4.69, 9.17) is 16.0 Å². The minimum Gasteiger partial charge on any atom is -0.506 e. The lowest BCUT2D eigenvalue weighted by Gasteiger charge is -2.04. The summed E-state index contributed by atoms with van der Waals surface area (Å²) >= 11 is 5.82. The summed E-state index contributed by atoms with van der Waals surface area (Å²) in [7, 11) is 0. The SMILES string of the molecule is Cc1ccc(CNCc2ccc(O)c(Cl)c2)o1. The minimum absolute atomic E-state index is 0.108. The first-order valence-corrected chi connectivity index (χ1v) is 5.76. The number of halogens is 1. The highest BCUT2D eigenvalue weighted by Gasteiger charge is 2.01. The van der Waals surface area contributed by atoms with Crippen LogP contribution in [0, 0.1) is 6.92 Å². The van der Waals surface area contributed by atoms with E-state index < -0.39 is 0 Å². The number of aryl methyl sites for hydroxylation is 1. The van der Waals surface area contributed by atoms with Gasteiger partial charge in [0.05, 0.1) is 11.6 Å². The molecule has 2 rings (SSSR count). The molecule has 1 aromatic carbocycles. The monoisotopic (exact) mass is 251 g/mol. The molecule has 0 bridgehead atoms. The van der Waals surface area contributed by atoms with Crippen LogP contribution in [0.15, 0.2) is 34.7 Å². The Morgan fingerprint density at radius 2 is 2.06 bits per heavy atom. The van der Waals surface area contributed by atoms with Crippen molar-refractivity contribution in [1.82, 2.24) is 5.32 Å². The molecule has 0 amide bonds. The molecule has 2 N–H and O–H groups in total. The van der Waals surface area contributed by atoms with Crippen LogP contribution >= 0.6 is 11.6 Å². The van der Waals surface area contributed by atoms with Crippen LogP contribution in [0.3, 0.4) is 0 Å². The first-order chi connectivity index (χ1) is 8.15. The van der Waals surface area contributed by atoms with Gasteiger partial charge in [0, 0.05) is 6.54 Å². The number of hydrogen-bond donors (Lipinski definition) is 2. The van der Waals surface area contributed by atoms with Crippen molar-refractivity contribution in [3.8, 4) is 5.75 Å². The zero-order valence-corrected chi connectivity index (χ0v) is 10.3. The Bertz CT molecular complexity index is 508. The van der Waals surface area contributed by atoms with Crippen LogP contribution in [0.4, 0.5) is 0 Å². The van der Waals surface area contributed by atoms with Gasteiger partial charge in [0.15, 0.2) is 0 Å². The maximum Gasteiger partial charge on any atom is 0.134 e. The summed E-state index contributed by atoms with van der Waals surface area (Å²) in [6, 6.07) is 9.07. The van der Waals surface area contributed by atoms with E-state index in [1.54, 1.807) is 12.1 Å². The summed E-state index contributed by atoms with van der Waals surface area (Å²) in [5, 5.41) is 12.9. The van der Waals surface area contributed by atoms with Crippen molar-refractivity contribution in [2.75, 3.05) is 0 Å². The minimum atomic E-state index is 0.108. The van der Waals surface area contributed by atoms with Gasteiger partial charge in [0.1, 0.15) is 17.3 Å². The fraction of sp³-hybridized carbons (Fsp3) is 0.231. The number of nitrogens with one attached hydrogen (secondary N) is 1. The summed E-state index contributed by atoms with van der Waals surface area (Å²) in [5.74, 6) is 1.93. The van der Waals surface area contributed by atoms with Crippen LogP contribution in [0.1, 0.15) is 17.1 Å². The number of phenolic OH excluding ortho intramolecular Hbond substituents is 1. The van der Waals surface area contributed by atoms with Crippen LogP contribution in [0.25, 0.3) is 0 Å². The molecular weight excluding hydrogens is 238 g/mol. The molecule has 0 aliphatic heterocycles. The molecule has 0 aliphatic rings. The maximum absolute atomic E-state index is 9.28. The standard InChI is InChI=1S/C13H14ClNO2/c1-9-2-4-11(17-9)8-15-7-10-3-5-13(16)12(14)6-10/h2-6,15-16H,7-8H2,1H3. The van der Waals surface area contributed by atoms with Gasteiger partial charge in [0.2, 0.25) is 0 Å². The van der Waals surface area contributed by atoms with E-state index in [1.807, 2.05) is 25.1 Å². The van der Waals surface area contributed by atoms with Crippen LogP contribution < -0.4 is 5.32 Å². The topological polar surface area (TPSA) is 45.4 Å². The van der Waals surface area contributed by atoms with Crippen molar-refractivity contribution in [3.05, 3.63) is 52.4 Å². The Kier molecular flexibility index (Phi) is 3.71. The van der Waals surface area contributed by atoms with E-state index in [0.29, 0.717) is 18.1 Å². The third-order valence-corrected chi connectivity index (χ3v) is 2.74. The van der Waals surface area contributed by atoms with Gasteiger partial charge in [-0.3, -0.25) is 0 Å². The Balaban J connectivity index is 1.87.